The number of fused-ring (bicyclic) bond motifs is 1. The minimum absolute atomic E-state index is 0.0101. The van der Waals surface area contributed by atoms with Crippen molar-refractivity contribution in [2.45, 2.75) is 12.8 Å². The van der Waals surface area contributed by atoms with E-state index in [-0.39, 0.29) is 11.8 Å². The van der Waals surface area contributed by atoms with Crippen molar-refractivity contribution in [1.82, 2.24) is 19.0 Å². The normalized spacial score (nSPS) is 15.4. The van der Waals surface area contributed by atoms with E-state index < -0.39 is 0 Å². The van der Waals surface area contributed by atoms with Crippen LogP contribution in [0.4, 0.5) is 0 Å². The lowest BCUT2D eigenvalue weighted by Crippen LogP contribution is -2.40. The number of carbonyl (C=O) groups excluding carboxylic acids is 2. The van der Waals surface area contributed by atoms with E-state index in [1.54, 1.807) is 42.7 Å². The largest absolute Gasteiger partial charge is 0.465 e. The van der Waals surface area contributed by atoms with Crippen molar-refractivity contribution in [2.24, 2.45) is 5.92 Å². The van der Waals surface area contributed by atoms with Crippen molar-refractivity contribution in [3.05, 3.63) is 54.0 Å². The average molecular weight is 396 g/mol. The highest BCUT2D eigenvalue weighted by Gasteiger charge is 2.22. The number of carbonyl (C=O) groups is 2. The molecule has 7 nitrogen and oxygen atoms in total. The third kappa shape index (κ3) is 4.28. The lowest BCUT2D eigenvalue weighted by molar-refractivity contribution is -0.127. The van der Waals surface area contributed by atoms with Gasteiger partial charge in [0, 0.05) is 31.3 Å². The number of furan rings is 1. The molecule has 1 aliphatic rings. The molecule has 0 bridgehead atoms. The van der Waals surface area contributed by atoms with Crippen molar-refractivity contribution >= 4 is 40.7 Å². The standard InChI is InChI=1S/C20H20N4O3S/c25-19(6-4-16-2-1-11-27-16)24-9-7-14(8-10-24)13-21-20(26)15-3-5-17-18(12-15)23-28-22-17/h1-6,11-12,14H,7-10,13H2,(H,21,26)/b6-4+. The van der Waals surface area contributed by atoms with Gasteiger partial charge >= 0.3 is 0 Å². The van der Waals surface area contributed by atoms with Crippen LogP contribution in [0.15, 0.2) is 47.1 Å². The molecule has 4 rings (SSSR count). The van der Waals surface area contributed by atoms with E-state index in [0.29, 0.717) is 36.9 Å². The van der Waals surface area contributed by atoms with Crippen LogP contribution < -0.4 is 5.32 Å². The Bertz CT molecular complexity index is 988. The van der Waals surface area contributed by atoms with Crippen LogP contribution in [0, 0.1) is 5.92 Å². The Hall–Kier alpha value is -3.00. The maximum atomic E-state index is 12.4. The van der Waals surface area contributed by atoms with Crippen LogP contribution in [-0.2, 0) is 4.79 Å². The van der Waals surface area contributed by atoms with Crippen molar-refractivity contribution in [1.29, 1.82) is 0 Å². The van der Waals surface area contributed by atoms with Gasteiger partial charge in [-0.15, -0.1) is 0 Å². The van der Waals surface area contributed by atoms with Gasteiger partial charge in [-0.25, -0.2) is 0 Å². The zero-order chi connectivity index (χ0) is 19.3. The first-order valence-corrected chi connectivity index (χ1v) is 9.93. The van der Waals surface area contributed by atoms with Crippen LogP contribution in [0.1, 0.15) is 29.0 Å². The maximum Gasteiger partial charge on any atom is 0.251 e. The van der Waals surface area contributed by atoms with Crippen molar-refractivity contribution in [3.63, 3.8) is 0 Å². The van der Waals surface area contributed by atoms with E-state index in [1.165, 1.54) is 0 Å². The molecule has 0 saturated carbocycles. The molecule has 28 heavy (non-hydrogen) atoms. The summed E-state index contributed by atoms with van der Waals surface area (Å²) in [4.78, 5) is 26.5. The second-order valence-corrected chi connectivity index (χ2v) is 7.32. The van der Waals surface area contributed by atoms with E-state index in [9.17, 15) is 9.59 Å². The Morgan fingerprint density at radius 1 is 1.21 bits per heavy atom. The summed E-state index contributed by atoms with van der Waals surface area (Å²) in [7, 11) is 0. The van der Waals surface area contributed by atoms with E-state index in [0.717, 1.165) is 35.6 Å². The molecule has 2 amide bonds. The number of piperidine rings is 1. The molecular weight excluding hydrogens is 376 g/mol. The zero-order valence-corrected chi connectivity index (χ0v) is 16.0. The Morgan fingerprint density at radius 3 is 2.82 bits per heavy atom. The number of amides is 2. The van der Waals surface area contributed by atoms with E-state index in [1.807, 2.05) is 11.0 Å². The SMILES string of the molecule is O=C(NCC1CCN(C(=O)/C=C/c2ccco2)CC1)c1ccc2nsnc2c1. The van der Waals surface area contributed by atoms with Gasteiger partial charge in [-0.2, -0.15) is 8.75 Å². The quantitative estimate of drug-likeness (QED) is 0.670. The fraction of sp³-hybridized carbons (Fsp3) is 0.300. The van der Waals surface area contributed by atoms with E-state index in [4.69, 9.17) is 4.42 Å². The lowest BCUT2D eigenvalue weighted by atomic mass is 9.96. The number of hydrogen-bond acceptors (Lipinski definition) is 6. The Labute approximate surface area is 166 Å². The van der Waals surface area contributed by atoms with Gasteiger partial charge in [0.25, 0.3) is 5.91 Å². The van der Waals surface area contributed by atoms with Crippen LogP contribution in [0.3, 0.4) is 0 Å². The van der Waals surface area contributed by atoms with Gasteiger partial charge in [0.05, 0.1) is 18.0 Å². The topological polar surface area (TPSA) is 88.3 Å². The van der Waals surface area contributed by atoms with Crippen molar-refractivity contribution in [3.8, 4) is 0 Å². The Balaban J connectivity index is 1.24. The number of benzene rings is 1. The molecule has 1 N–H and O–H groups in total. The summed E-state index contributed by atoms with van der Waals surface area (Å²) in [6, 6.07) is 8.94. The molecule has 1 saturated heterocycles. The molecule has 1 fully saturated rings. The van der Waals surface area contributed by atoms with Crippen LogP contribution in [-0.4, -0.2) is 45.1 Å². The molecule has 8 heteroatoms. The summed E-state index contributed by atoms with van der Waals surface area (Å²) in [5.41, 5.74) is 2.14. The monoisotopic (exact) mass is 396 g/mol. The molecule has 0 spiro atoms. The molecule has 3 aromatic rings. The first-order valence-electron chi connectivity index (χ1n) is 9.20. The summed E-state index contributed by atoms with van der Waals surface area (Å²) in [6.07, 6.45) is 6.55. The van der Waals surface area contributed by atoms with Crippen LogP contribution in [0.2, 0.25) is 0 Å². The van der Waals surface area contributed by atoms with Gasteiger partial charge in [0.15, 0.2) is 0 Å². The molecule has 0 radical (unpaired) electrons. The zero-order valence-electron chi connectivity index (χ0n) is 15.2. The second kappa shape index (κ2) is 8.35. The summed E-state index contributed by atoms with van der Waals surface area (Å²) >= 11 is 1.14. The predicted octanol–water partition coefficient (Wildman–Crippen LogP) is 2.97. The predicted molar refractivity (Wildman–Crippen MR) is 107 cm³/mol. The minimum Gasteiger partial charge on any atom is -0.465 e. The summed E-state index contributed by atoms with van der Waals surface area (Å²) in [5, 5.41) is 3.00. The average Bonchev–Trinajstić information content (AvgIpc) is 3.41. The fourth-order valence-electron chi connectivity index (χ4n) is 3.26. The third-order valence-corrected chi connectivity index (χ3v) is 5.48. The van der Waals surface area contributed by atoms with Crippen molar-refractivity contribution in [2.75, 3.05) is 19.6 Å². The summed E-state index contributed by atoms with van der Waals surface area (Å²) in [5.74, 6) is 0.920. The van der Waals surface area contributed by atoms with E-state index in [2.05, 4.69) is 14.1 Å². The summed E-state index contributed by atoms with van der Waals surface area (Å²) in [6.45, 7) is 1.99. The highest BCUT2D eigenvalue weighted by atomic mass is 32.1. The molecule has 2 aromatic heterocycles. The van der Waals surface area contributed by atoms with Crippen LogP contribution >= 0.6 is 11.7 Å². The molecule has 0 unspecified atom stereocenters. The Morgan fingerprint density at radius 2 is 2.04 bits per heavy atom. The highest BCUT2D eigenvalue weighted by Crippen LogP contribution is 2.18. The molecule has 0 atom stereocenters. The molecule has 1 aliphatic heterocycles. The Kier molecular flexibility index (Phi) is 5.48. The maximum absolute atomic E-state index is 12.4. The molecule has 144 valence electrons. The molecule has 0 aliphatic carbocycles. The number of hydrogen-bond donors (Lipinski definition) is 1. The molecular formula is C20H20N4O3S. The third-order valence-electron chi connectivity index (χ3n) is 4.93. The van der Waals surface area contributed by atoms with Crippen molar-refractivity contribution < 1.29 is 14.0 Å². The van der Waals surface area contributed by atoms with Gasteiger partial charge < -0.3 is 14.6 Å². The van der Waals surface area contributed by atoms with Gasteiger partial charge in [0.1, 0.15) is 16.8 Å². The first-order chi connectivity index (χ1) is 13.7. The highest BCUT2D eigenvalue weighted by molar-refractivity contribution is 7.00. The van der Waals surface area contributed by atoms with Gasteiger partial charge in [-0.05, 0) is 55.2 Å². The number of aromatic nitrogens is 2. The first kappa shape index (κ1) is 18.4. The number of nitrogens with one attached hydrogen (secondary N) is 1. The smallest absolute Gasteiger partial charge is 0.251 e. The van der Waals surface area contributed by atoms with E-state index >= 15 is 0 Å². The summed E-state index contributed by atoms with van der Waals surface area (Å²) < 4.78 is 13.5. The van der Waals surface area contributed by atoms with Gasteiger partial charge in [-0.3, -0.25) is 9.59 Å². The van der Waals surface area contributed by atoms with Crippen LogP contribution in [0.5, 0.6) is 0 Å². The number of nitrogens with zero attached hydrogens (tertiary/aromatic N) is 3. The minimum atomic E-state index is -0.102. The number of likely N-dealkylation sites (tertiary alicyclic amines) is 1. The van der Waals surface area contributed by atoms with Gasteiger partial charge in [-0.1, -0.05) is 0 Å². The lowest BCUT2D eigenvalue weighted by Gasteiger charge is -2.31. The number of rotatable bonds is 5. The molecule has 3 heterocycles. The second-order valence-electron chi connectivity index (χ2n) is 6.80. The fourth-order valence-corrected chi connectivity index (χ4v) is 3.78. The molecule has 1 aromatic carbocycles. The van der Waals surface area contributed by atoms with Crippen LogP contribution in [0.25, 0.3) is 17.1 Å². The van der Waals surface area contributed by atoms with Gasteiger partial charge in [0.2, 0.25) is 5.91 Å².